The molecular formula is C25H24Cl2FNO2. The lowest BCUT2D eigenvalue weighted by Gasteiger charge is -2.18. The Morgan fingerprint density at radius 3 is 2.45 bits per heavy atom. The fraction of sp³-hybridized carbons (Fsp3) is 0.200. The zero-order valence-electron chi connectivity index (χ0n) is 17.3. The Morgan fingerprint density at radius 1 is 1.00 bits per heavy atom. The molecule has 3 nitrogen and oxygen atoms in total. The highest BCUT2D eigenvalue weighted by atomic mass is 35.5. The van der Waals surface area contributed by atoms with Crippen LogP contribution in [-0.2, 0) is 19.6 Å². The molecule has 0 saturated carbocycles. The highest BCUT2D eigenvalue weighted by Crippen LogP contribution is 2.35. The summed E-state index contributed by atoms with van der Waals surface area (Å²) in [6.45, 7) is 7.22. The van der Waals surface area contributed by atoms with Crippen LogP contribution in [0.2, 0.25) is 10.0 Å². The first-order valence-corrected chi connectivity index (χ1v) is 10.7. The van der Waals surface area contributed by atoms with Gasteiger partial charge >= 0.3 is 0 Å². The Balaban J connectivity index is 1.82. The van der Waals surface area contributed by atoms with Crippen LogP contribution >= 0.6 is 23.2 Å². The topological polar surface area (TPSA) is 30.5 Å². The summed E-state index contributed by atoms with van der Waals surface area (Å²) in [4.78, 5) is 0. The molecule has 0 radical (unpaired) electrons. The lowest BCUT2D eigenvalue weighted by molar-refractivity contribution is 0.267. The van der Waals surface area contributed by atoms with E-state index in [0.717, 1.165) is 22.4 Å². The van der Waals surface area contributed by atoms with Crippen molar-refractivity contribution in [3.63, 3.8) is 0 Å². The molecule has 3 aromatic carbocycles. The molecule has 3 aromatic rings. The third-order valence-corrected chi connectivity index (χ3v) is 5.11. The standard InChI is InChI=1S/C25H24Cl2FNO2/c1-3-5-19-12-18(15-29-21-10-11-23(28)22(27)14-21)13-24(30-4-2)25(19)31-16-17-6-8-20(26)9-7-17/h3,6-14,29H,1,4-5,15-16H2,2H3. The highest BCUT2D eigenvalue weighted by Gasteiger charge is 2.14. The van der Waals surface area contributed by atoms with Gasteiger partial charge in [-0.3, -0.25) is 0 Å². The van der Waals surface area contributed by atoms with Crippen molar-refractivity contribution in [1.82, 2.24) is 0 Å². The molecule has 0 aliphatic heterocycles. The third-order valence-electron chi connectivity index (χ3n) is 4.57. The van der Waals surface area contributed by atoms with Gasteiger partial charge in [0.05, 0.1) is 11.6 Å². The van der Waals surface area contributed by atoms with E-state index in [-0.39, 0.29) is 5.02 Å². The summed E-state index contributed by atoms with van der Waals surface area (Å²) in [6.07, 6.45) is 2.46. The summed E-state index contributed by atoms with van der Waals surface area (Å²) in [7, 11) is 0. The third kappa shape index (κ3) is 6.39. The van der Waals surface area contributed by atoms with E-state index < -0.39 is 5.82 Å². The van der Waals surface area contributed by atoms with Crippen LogP contribution in [0.5, 0.6) is 11.5 Å². The summed E-state index contributed by atoms with van der Waals surface area (Å²) in [5.41, 5.74) is 3.72. The Morgan fingerprint density at radius 2 is 1.77 bits per heavy atom. The quantitative estimate of drug-likeness (QED) is 0.319. The van der Waals surface area contributed by atoms with Crippen LogP contribution in [0.4, 0.5) is 10.1 Å². The number of hydrogen-bond acceptors (Lipinski definition) is 3. The molecule has 162 valence electrons. The minimum Gasteiger partial charge on any atom is -0.490 e. The molecule has 0 aliphatic carbocycles. The van der Waals surface area contributed by atoms with Crippen molar-refractivity contribution in [3.05, 3.63) is 99.8 Å². The molecule has 0 saturated heterocycles. The number of anilines is 1. The second-order valence-corrected chi connectivity index (χ2v) is 7.75. The molecule has 31 heavy (non-hydrogen) atoms. The molecule has 0 aromatic heterocycles. The van der Waals surface area contributed by atoms with Crippen molar-refractivity contribution in [2.45, 2.75) is 26.5 Å². The molecule has 0 fully saturated rings. The monoisotopic (exact) mass is 459 g/mol. The Kier molecular flexibility index (Phi) is 8.21. The van der Waals surface area contributed by atoms with Crippen LogP contribution in [0.1, 0.15) is 23.6 Å². The van der Waals surface area contributed by atoms with Crippen LogP contribution in [0.3, 0.4) is 0 Å². The molecule has 0 aliphatic rings. The molecule has 0 bridgehead atoms. The Labute approximate surface area is 192 Å². The fourth-order valence-electron chi connectivity index (χ4n) is 3.11. The van der Waals surface area contributed by atoms with Gasteiger partial charge in [0.2, 0.25) is 0 Å². The van der Waals surface area contributed by atoms with Crippen molar-refractivity contribution in [2.75, 3.05) is 11.9 Å². The second kappa shape index (κ2) is 11.1. The van der Waals surface area contributed by atoms with Gasteiger partial charge in [0.1, 0.15) is 12.4 Å². The predicted octanol–water partition coefficient (Wildman–Crippen LogP) is 7.45. The molecule has 0 unspecified atom stereocenters. The average molecular weight is 460 g/mol. The molecule has 1 N–H and O–H groups in total. The molecule has 0 heterocycles. The van der Waals surface area contributed by atoms with E-state index in [0.29, 0.717) is 42.7 Å². The maximum atomic E-state index is 13.4. The summed E-state index contributed by atoms with van der Waals surface area (Å²) < 4.78 is 25.4. The number of allylic oxidation sites excluding steroid dienone is 1. The zero-order chi connectivity index (χ0) is 22.2. The number of halogens is 3. The van der Waals surface area contributed by atoms with Gasteiger partial charge < -0.3 is 14.8 Å². The maximum absolute atomic E-state index is 13.4. The van der Waals surface area contributed by atoms with Crippen molar-refractivity contribution >= 4 is 28.9 Å². The van der Waals surface area contributed by atoms with Crippen molar-refractivity contribution in [3.8, 4) is 11.5 Å². The molecule has 0 amide bonds. The van der Waals surface area contributed by atoms with Gasteiger partial charge in [-0.25, -0.2) is 4.39 Å². The largest absolute Gasteiger partial charge is 0.490 e. The number of nitrogens with one attached hydrogen (secondary N) is 1. The van der Waals surface area contributed by atoms with Crippen LogP contribution in [0.25, 0.3) is 0 Å². The lowest BCUT2D eigenvalue weighted by Crippen LogP contribution is -2.06. The summed E-state index contributed by atoms with van der Waals surface area (Å²) in [5.74, 6) is 0.927. The first kappa shape index (κ1) is 23.0. The first-order valence-electron chi connectivity index (χ1n) is 9.95. The minimum absolute atomic E-state index is 0.0818. The molecule has 6 heteroatoms. The van der Waals surface area contributed by atoms with E-state index in [1.807, 2.05) is 43.3 Å². The number of ether oxygens (including phenoxy) is 2. The van der Waals surface area contributed by atoms with E-state index in [2.05, 4.69) is 18.0 Å². The van der Waals surface area contributed by atoms with E-state index in [9.17, 15) is 4.39 Å². The van der Waals surface area contributed by atoms with E-state index in [4.69, 9.17) is 32.7 Å². The molecule has 3 rings (SSSR count). The van der Waals surface area contributed by atoms with Crippen molar-refractivity contribution in [2.24, 2.45) is 0 Å². The van der Waals surface area contributed by atoms with E-state index >= 15 is 0 Å². The second-order valence-electron chi connectivity index (χ2n) is 6.91. The smallest absolute Gasteiger partial charge is 0.165 e. The van der Waals surface area contributed by atoms with E-state index in [1.54, 1.807) is 12.1 Å². The summed E-state index contributed by atoms with van der Waals surface area (Å²) in [5, 5.41) is 4.03. The summed E-state index contributed by atoms with van der Waals surface area (Å²) >= 11 is 11.8. The van der Waals surface area contributed by atoms with E-state index in [1.165, 1.54) is 6.07 Å². The van der Waals surface area contributed by atoms with Crippen LogP contribution in [-0.4, -0.2) is 6.61 Å². The molecule has 0 spiro atoms. The predicted molar refractivity (Wildman–Crippen MR) is 126 cm³/mol. The van der Waals surface area contributed by atoms with Gasteiger partial charge in [-0.2, -0.15) is 0 Å². The number of rotatable bonds is 10. The van der Waals surface area contributed by atoms with Gasteiger partial charge in [-0.1, -0.05) is 41.4 Å². The van der Waals surface area contributed by atoms with Gasteiger partial charge in [-0.05, 0) is 66.9 Å². The highest BCUT2D eigenvalue weighted by molar-refractivity contribution is 6.31. The maximum Gasteiger partial charge on any atom is 0.165 e. The molecular weight excluding hydrogens is 436 g/mol. The fourth-order valence-corrected chi connectivity index (χ4v) is 3.41. The Bertz CT molecular complexity index is 1040. The normalized spacial score (nSPS) is 10.6. The number of benzene rings is 3. The number of hydrogen-bond donors (Lipinski definition) is 1. The van der Waals surface area contributed by atoms with Gasteiger partial charge in [0.25, 0.3) is 0 Å². The lowest BCUT2D eigenvalue weighted by atomic mass is 10.0. The SMILES string of the molecule is C=CCc1cc(CNc2ccc(F)c(Cl)c2)cc(OCC)c1OCc1ccc(Cl)cc1. The first-order chi connectivity index (χ1) is 15.0. The van der Waals surface area contributed by atoms with Crippen LogP contribution in [0.15, 0.2) is 67.3 Å². The van der Waals surface area contributed by atoms with Crippen molar-refractivity contribution in [1.29, 1.82) is 0 Å². The molecule has 0 atom stereocenters. The summed E-state index contributed by atoms with van der Waals surface area (Å²) in [6, 6.07) is 16.1. The van der Waals surface area contributed by atoms with Gasteiger partial charge in [0, 0.05) is 22.8 Å². The van der Waals surface area contributed by atoms with Crippen LogP contribution < -0.4 is 14.8 Å². The van der Waals surface area contributed by atoms with Gasteiger partial charge in [-0.15, -0.1) is 6.58 Å². The van der Waals surface area contributed by atoms with Crippen LogP contribution in [0, 0.1) is 5.82 Å². The van der Waals surface area contributed by atoms with Crippen molar-refractivity contribution < 1.29 is 13.9 Å². The zero-order valence-corrected chi connectivity index (χ0v) is 18.8. The average Bonchev–Trinajstić information content (AvgIpc) is 2.75. The minimum atomic E-state index is -0.443. The van der Waals surface area contributed by atoms with Gasteiger partial charge in [0.15, 0.2) is 11.5 Å². The Hall–Kier alpha value is -2.69.